The van der Waals surface area contributed by atoms with Crippen LogP contribution in [0.3, 0.4) is 0 Å². The fourth-order valence-corrected chi connectivity index (χ4v) is 1.52. The van der Waals surface area contributed by atoms with Crippen LogP contribution in [0.4, 0.5) is 5.88 Å². The van der Waals surface area contributed by atoms with Crippen molar-refractivity contribution >= 4 is 12.1 Å². The van der Waals surface area contributed by atoms with E-state index in [-0.39, 0.29) is 5.88 Å². The Morgan fingerprint density at radius 2 is 2.26 bits per heavy atom. The second-order valence-corrected chi connectivity index (χ2v) is 4.09. The van der Waals surface area contributed by atoms with Gasteiger partial charge in [0.1, 0.15) is 10.6 Å². The number of nitro groups is 1. The fraction of sp³-hybridized carbons (Fsp3) is 0.273. The molecule has 0 spiro atoms. The highest BCUT2D eigenvalue weighted by atomic mass is 16.6. The molecule has 2 heterocycles. The number of aryl methyl sites for hydroxylation is 1. The van der Waals surface area contributed by atoms with Crippen LogP contribution in [-0.4, -0.2) is 40.0 Å². The van der Waals surface area contributed by atoms with Gasteiger partial charge in [0.05, 0.1) is 12.3 Å². The van der Waals surface area contributed by atoms with Gasteiger partial charge in [0.2, 0.25) is 0 Å². The Morgan fingerprint density at radius 1 is 1.53 bits per heavy atom. The van der Waals surface area contributed by atoms with Crippen molar-refractivity contribution in [2.24, 2.45) is 12.1 Å². The Morgan fingerprint density at radius 3 is 2.84 bits per heavy atom. The first-order valence-electron chi connectivity index (χ1n) is 5.47. The minimum absolute atomic E-state index is 0.309. The number of furan rings is 1. The molecule has 2 rings (SSSR count). The SMILES string of the molecule is CN(C)N=Cc1cn(C)nc1-c1ccc([N+](=O)[O-])o1. The average molecular weight is 263 g/mol. The van der Waals surface area contributed by atoms with E-state index in [1.165, 1.54) is 12.1 Å². The minimum atomic E-state index is -0.583. The molecule has 0 radical (unpaired) electrons. The van der Waals surface area contributed by atoms with Gasteiger partial charge >= 0.3 is 5.88 Å². The highest BCUT2D eigenvalue weighted by Crippen LogP contribution is 2.26. The lowest BCUT2D eigenvalue weighted by atomic mass is 10.2. The number of hydrogen-bond acceptors (Lipinski definition) is 6. The second kappa shape index (κ2) is 4.92. The molecule has 2 aromatic rings. The molecule has 0 atom stereocenters. The number of hydrazone groups is 1. The average Bonchev–Trinajstić information content (AvgIpc) is 2.92. The monoisotopic (exact) mass is 263 g/mol. The highest BCUT2D eigenvalue weighted by Gasteiger charge is 2.17. The molecule has 0 aliphatic rings. The van der Waals surface area contributed by atoms with Gasteiger partial charge in [-0.15, -0.1) is 0 Å². The molecule has 0 aliphatic heterocycles. The van der Waals surface area contributed by atoms with Crippen LogP contribution in [0.2, 0.25) is 0 Å². The van der Waals surface area contributed by atoms with E-state index in [4.69, 9.17) is 4.42 Å². The van der Waals surface area contributed by atoms with Gasteiger partial charge in [0.25, 0.3) is 0 Å². The first-order valence-corrected chi connectivity index (χ1v) is 5.47. The van der Waals surface area contributed by atoms with E-state index in [9.17, 15) is 10.1 Å². The van der Waals surface area contributed by atoms with Gasteiger partial charge in [0.15, 0.2) is 5.76 Å². The minimum Gasteiger partial charge on any atom is -0.399 e. The summed E-state index contributed by atoms with van der Waals surface area (Å²) in [6, 6.07) is 2.82. The quantitative estimate of drug-likeness (QED) is 0.473. The van der Waals surface area contributed by atoms with E-state index in [1.54, 1.807) is 43.2 Å². The Hall–Kier alpha value is -2.64. The smallest absolute Gasteiger partial charge is 0.399 e. The van der Waals surface area contributed by atoms with Crippen molar-refractivity contribution in [3.63, 3.8) is 0 Å². The molecular formula is C11H13N5O3. The standard InChI is InChI=1S/C11H13N5O3/c1-14(2)12-6-8-7-15(3)13-11(8)9-4-5-10(19-9)16(17)18/h4-7H,1-3H3. The third kappa shape index (κ3) is 2.79. The van der Waals surface area contributed by atoms with Gasteiger partial charge in [0, 0.05) is 32.9 Å². The van der Waals surface area contributed by atoms with Crippen LogP contribution in [0.5, 0.6) is 0 Å². The van der Waals surface area contributed by atoms with Gasteiger partial charge in [-0.3, -0.25) is 14.8 Å². The third-order valence-corrected chi connectivity index (χ3v) is 2.29. The molecular weight excluding hydrogens is 250 g/mol. The summed E-state index contributed by atoms with van der Waals surface area (Å²) in [6.45, 7) is 0. The van der Waals surface area contributed by atoms with Crippen molar-refractivity contribution in [2.75, 3.05) is 14.1 Å². The summed E-state index contributed by atoms with van der Waals surface area (Å²) < 4.78 is 6.74. The topological polar surface area (TPSA) is 89.7 Å². The molecule has 8 nitrogen and oxygen atoms in total. The molecule has 19 heavy (non-hydrogen) atoms. The molecule has 8 heteroatoms. The maximum absolute atomic E-state index is 10.6. The molecule has 0 amide bonds. The van der Waals surface area contributed by atoms with E-state index < -0.39 is 4.92 Å². The molecule has 2 aromatic heterocycles. The van der Waals surface area contributed by atoms with Crippen LogP contribution in [0.1, 0.15) is 5.56 Å². The highest BCUT2D eigenvalue weighted by molar-refractivity contribution is 5.87. The van der Waals surface area contributed by atoms with Crippen LogP contribution >= 0.6 is 0 Å². The largest absolute Gasteiger partial charge is 0.433 e. The molecule has 0 aliphatic carbocycles. The van der Waals surface area contributed by atoms with Gasteiger partial charge < -0.3 is 9.43 Å². The number of hydrogen-bond donors (Lipinski definition) is 0. The molecule has 0 bridgehead atoms. The van der Waals surface area contributed by atoms with Gasteiger partial charge in [-0.25, -0.2) is 0 Å². The summed E-state index contributed by atoms with van der Waals surface area (Å²) in [5, 5.41) is 20.6. The van der Waals surface area contributed by atoms with Gasteiger partial charge in [-0.2, -0.15) is 10.2 Å². The Bertz CT molecular complexity index is 626. The molecule has 0 fully saturated rings. The lowest BCUT2D eigenvalue weighted by Gasteiger charge is -2.01. The molecule has 100 valence electrons. The van der Waals surface area contributed by atoms with Crippen molar-refractivity contribution in [1.29, 1.82) is 0 Å². The summed E-state index contributed by atoms with van der Waals surface area (Å²) in [4.78, 5) is 10.0. The van der Waals surface area contributed by atoms with Crippen LogP contribution in [0.25, 0.3) is 11.5 Å². The first kappa shape index (κ1) is 12.8. The van der Waals surface area contributed by atoms with E-state index in [0.717, 1.165) is 5.56 Å². The van der Waals surface area contributed by atoms with E-state index >= 15 is 0 Å². The lowest BCUT2D eigenvalue weighted by Crippen LogP contribution is -2.01. The van der Waals surface area contributed by atoms with Crippen LogP contribution in [-0.2, 0) is 7.05 Å². The Labute approximate surface area is 109 Å². The van der Waals surface area contributed by atoms with Gasteiger partial charge in [-0.1, -0.05) is 0 Å². The second-order valence-electron chi connectivity index (χ2n) is 4.09. The summed E-state index contributed by atoms with van der Waals surface area (Å²) in [6.07, 6.45) is 3.38. The van der Waals surface area contributed by atoms with Crippen molar-refractivity contribution in [3.8, 4) is 11.5 Å². The summed E-state index contributed by atoms with van der Waals surface area (Å²) in [7, 11) is 5.35. The predicted molar refractivity (Wildman–Crippen MR) is 68.8 cm³/mol. The van der Waals surface area contributed by atoms with Crippen LogP contribution in [0, 0.1) is 10.1 Å². The zero-order chi connectivity index (χ0) is 14.0. The fourth-order valence-electron chi connectivity index (χ4n) is 1.52. The summed E-state index contributed by atoms with van der Waals surface area (Å²) in [5.74, 6) is 0.0312. The van der Waals surface area contributed by atoms with Crippen molar-refractivity contribution in [3.05, 3.63) is 34.0 Å². The Kier molecular flexibility index (Phi) is 3.32. The van der Waals surface area contributed by atoms with Crippen molar-refractivity contribution in [1.82, 2.24) is 14.8 Å². The van der Waals surface area contributed by atoms with E-state index in [2.05, 4.69) is 10.2 Å². The zero-order valence-electron chi connectivity index (χ0n) is 10.8. The normalized spacial score (nSPS) is 11.1. The lowest BCUT2D eigenvalue weighted by molar-refractivity contribution is -0.401. The number of rotatable bonds is 4. The summed E-state index contributed by atoms with van der Waals surface area (Å²) >= 11 is 0. The van der Waals surface area contributed by atoms with Crippen molar-refractivity contribution < 1.29 is 9.34 Å². The maximum atomic E-state index is 10.6. The predicted octanol–water partition coefficient (Wildman–Crippen LogP) is 1.48. The number of aromatic nitrogens is 2. The van der Waals surface area contributed by atoms with Crippen LogP contribution < -0.4 is 0 Å². The third-order valence-electron chi connectivity index (χ3n) is 2.29. The molecule has 0 unspecified atom stereocenters. The molecule has 0 aromatic carbocycles. The van der Waals surface area contributed by atoms with Crippen molar-refractivity contribution in [2.45, 2.75) is 0 Å². The Balaban J connectivity index is 2.40. The van der Waals surface area contributed by atoms with Gasteiger partial charge in [-0.05, 0) is 6.07 Å². The van der Waals surface area contributed by atoms with E-state index in [0.29, 0.717) is 11.5 Å². The molecule has 0 saturated heterocycles. The van der Waals surface area contributed by atoms with Crippen LogP contribution in [0.15, 0.2) is 27.8 Å². The molecule has 0 N–H and O–H groups in total. The number of nitrogens with zero attached hydrogens (tertiary/aromatic N) is 5. The molecule has 0 saturated carbocycles. The summed E-state index contributed by atoms with van der Waals surface area (Å²) in [5.41, 5.74) is 1.24. The zero-order valence-corrected chi connectivity index (χ0v) is 10.8. The van der Waals surface area contributed by atoms with E-state index in [1.807, 2.05) is 0 Å². The first-order chi connectivity index (χ1) is 8.97. The maximum Gasteiger partial charge on any atom is 0.433 e.